The second-order valence-corrected chi connectivity index (χ2v) is 5.06. The lowest BCUT2D eigenvalue weighted by molar-refractivity contribution is 0.0600. The Morgan fingerprint density at radius 1 is 1.14 bits per heavy atom. The largest absolute Gasteiger partial charge is 0.493 e. The number of esters is 2. The number of hydrogen-bond donors (Lipinski definition) is 0. The Balaban J connectivity index is 2.23. The molecule has 6 nitrogen and oxygen atoms in total. The summed E-state index contributed by atoms with van der Waals surface area (Å²) in [5.74, 6) is -0.608. The maximum absolute atomic E-state index is 11.9. The number of ether oxygens (including phenoxy) is 3. The summed E-state index contributed by atoms with van der Waals surface area (Å²) in [7, 11) is 2.70. The van der Waals surface area contributed by atoms with Crippen molar-refractivity contribution in [2.24, 2.45) is 0 Å². The van der Waals surface area contributed by atoms with Gasteiger partial charge >= 0.3 is 11.9 Å². The molecule has 110 valence electrons. The molecule has 0 N–H and O–H groups in total. The molecule has 0 bridgehead atoms. The van der Waals surface area contributed by atoms with Gasteiger partial charge in [0.2, 0.25) is 0 Å². The maximum Gasteiger partial charge on any atom is 0.363 e. The van der Waals surface area contributed by atoms with Gasteiger partial charge in [0.25, 0.3) is 0 Å². The molecule has 0 unspecified atom stereocenters. The standard InChI is InChI=1S/C14H13NO5S/c1-8-15-10(7-21-8)14(17)20-11-5-4-9(13(16)19-3)6-12(11)18-2/h4-7H,1-3H3. The minimum atomic E-state index is -0.580. The molecule has 0 aliphatic heterocycles. The Labute approximate surface area is 125 Å². The van der Waals surface area contributed by atoms with Crippen LogP contribution in [0, 0.1) is 6.92 Å². The number of hydrogen-bond acceptors (Lipinski definition) is 7. The molecule has 2 aromatic rings. The third-order valence-corrected chi connectivity index (χ3v) is 3.39. The quantitative estimate of drug-likeness (QED) is 0.638. The highest BCUT2D eigenvalue weighted by atomic mass is 32.1. The monoisotopic (exact) mass is 307 g/mol. The van der Waals surface area contributed by atoms with Gasteiger partial charge in [-0.15, -0.1) is 11.3 Å². The number of thiazole rings is 1. The van der Waals surface area contributed by atoms with Crippen LogP contribution in [0.3, 0.4) is 0 Å². The van der Waals surface area contributed by atoms with E-state index < -0.39 is 11.9 Å². The summed E-state index contributed by atoms with van der Waals surface area (Å²) in [6.45, 7) is 1.80. The van der Waals surface area contributed by atoms with E-state index in [9.17, 15) is 9.59 Å². The molecular formula is C14H13NO5S. The average molecular weight is 307 g/mol. The predicted molar refractivity (Wildman–Crippen MR) is 76.1 cm³/mol. The van der Waals surface area contributed by atoms with Crippen LogP contribution in [0.5, 0.6) is 11.5 Å². The summed E-state index contributed by atoms with van der Waals surface area (Å²) in [4.78, 5) is 27.4. The molecule has 21 heavy (non-hydrogen) atoms. The summed E-state index contributed by atoms with van der Waals surface area (Å²) in [6, 6.07) is 4.41. The maximum atomic E-state index is 11.9. The molecular weight excluding hydrogens is 294 g/mol. The molecule has 0 aliphatic carbocycles. The normalized spacial score (nSPS) is 10.0. The third kappa shape index (κ3) is 3.38. The van der Waals surface area contributed by atoms with Crippen molar-refractivity contribution in [3.05, 3.63) is 39.8 Å². The van der Waals surface area contributed by atoms with Crippen molar-refractivity contribution >= 4 is 23.3 Å². The molecule has 0 spiro atoms. The first kappa shape index (κ1) is 15.0. The number of nitrogens with zero attached hydrogens (tertiary/aromatic N) is 1. The van der Waals surface area contributed by atoms with Gasteiger partial charge in [-0.25, -0.2) is 14.6 Å². The molecule has 0 aliphatic rings. The van der Waals surface area contributed by atoms with Gasteiger partial charge in [-0.1, -0.05) is 0 Å². The lowest BCUT2D eigenvalue weighted by atomic mass is 10.2. The molecule has 0 saturated heterocycles. The van der Waals surface area contributed by atoms with E-state index in [4.69, 9.17) is 9.47 Å². The summed E-state index contributed by atoms with van der Waals surface area (Å²) in [5, 5.41) is 2.39. The van der Waals surface area contributed by atoms with Crippen LogP contribution in [0.1, 0.15) is 25.9 Å². The van der Waals surface area contributed by atoms with Gasteiger partial charge in [-0.3, -0.25) is 0 Å². The fraction of sp³-hybridized carbons (Fsp3) is 0.214. The summed E-state index contributed by atoms with van der Waals surface area (Å²) >= 11 is 1.36. The van der Waals surface area contributed by atoms with Crippen LogP contribution in [0.4, 0.5) is 0 Å². The van der Waals surface area contributed by atoms with Crippen molar-refractivity contribution in [2.45, 2.75) is 6.92 Å². The van der Waals surface area contributed by atoms with Gasteiger partial charge in [0.05, 0.1) is 24.8 Å². The van der Waals surface area contributed by atoms with E-state index in [-0.39, 0.29) is 17.2 Å². The zero-order valence-electron chi connectivity index (χ0n) is 11.7. The predicted octanol–water partition coefficient (Wildman–Crippen LogP) is 2.47. The molecule has 1 heterocycles. The molecule has 0 amide bonds. The van der Waals surface area contributed by atoms with Crippen molar-refractivity contribution in [3.63, 3.8) is 0 Å². The minimum absolute atomic E-state index is 0.209. The van der Waals surface area contributed by atoms with Crippen molar-refractivity contribution < 1.29 is 23.8 Å². The highest BCUT2D eigenvalue weighted by molar-refractivity contribution is 7.09. The highest BCUT2D eigenvalue weighted by Crippen LogP contribution is 2.29. The van der Waals surface area contributed by atoms with E-state index in [0.717, 1.165) is 5.01 Å². The van der Waals surface area contributed by atoms with Gasteiger partial charge in [0.1, 0.15) is 0 Å². The van der Waals surface area contributed by atoms with Gasteiger partial charge in [0.15, 0.2) is 17.2 Å². The first-order chi connectivity index (χ1) is 10.0. The molecule has 7 heteroatoms. The Morgan fingerprint density at radius 2 is 1.90 bits per heavy atom. The molecule has 1 aromatic carbocycles. The second-order valence-electron chi connectivity index (χ2n) is 4.00. The van der Waals surface area contributed by atoms with Crippen LogP contribution < -0.4 is 9.47 Å². The second kappa shape index (κ2) is 6.36. The fourth-order valence-electron chi connectivity index (χ4n) is 1.61. The number of methoxy groups -OCH3 is 2. The topological polar surface area (TPSA) is 74.7 Å². The summed E-state index contributed by atoms with van der Waals surface area (Å²) in [6.07, 6.45) is 0. The number of aromatic nitrogens is 1. The third-order valence-electron chi connectivity index (χ3n) is 2.62. The molecule has 0 radical (unpaired) electrons. The van der Waals surface area contributed by atoms with Gasteiger partial charge in [-0.05, 0) is 25.1 Å². The van der Waals surface area contributed by atoms with Crippen LogP contribution in [0.15, 0.2) is 23.6 Å². The molecule has 1 aromatic heterocycles. The van der Waals surface area contributed by atoms with E-state index in [2.05, 4.69) is 9.72 Å². The van der Waals surface area contributed by atoms with Crippen molar-refractivity contribution in [1.29, 1.82) is 0 Å². The van der Waals surface area contributed by atoms with Crippen LogP contribution in [0.25, 0.3) is 0 Å². The number of rotatable bonds is 4. The van der Waals surface area contributed by atoms with Crippen molar-refractivity contribution in [3.8, 4) is 11.5 Å². The molecule has 2 rings (SSSR count). The van der Waals surface area contributed by atoms with Crippen molar-refractivity contribution in [2.75, 3.05) is 14.2 Å². The van der Waals surface area contributed by atoms with Crippen LogP contribution >= 0.6 is 11.3 Å². The fourth-order valence-corrected chi connectivity index (χ4v) is 2.19. The number of aryl methyl sites for hydroxylation is 1. The Morgan fingerprint density at radius 3 is 2.48 bits per heavy atom. The molecule has 0 fully saturated rings. The zero-order chi connectivity index (χ0) is 15.4. The van der Waals surface area contributed by atoms with Gasteiger partial charge in [0, 0.05) is 5.38 Å². The first-order valence-electron chi connectivity index (χ1n) is 5.95. The number of carbonyl (C=O) groups excluding carboxylic acids is 2. The smallest absolute Gasteiger partial charge is 0.363 e. The lowest BCUT2D eigenvalue weighted by Crippen LogP contribution is -2.10. The highest BCUT2D eigenvalue weighted by Gasteiger charge is 2.17. The summed E-state index contributed by atoms with van der Waals surface area (Å²) in [5.41, 5.74) is 0.537. The Bertz CT molecular complexity index is 680. The van der Waals surface area contributed by atoms with E-state index in [1.165, 1.54) is 43.8 Å². The van der Waals surface area contributed by atoms with E-state index in [0.29, 0.717) is 5.56 Å². The SMILES string of the molecule is COC(=O)c1ccc(OC(=O)c2csc(C)n2)c(OC)c1. The Kier molecular flexibility index (Phi) is 4.54. The van der Waals surface area contributed by atoms with Crippen LogP contribution in [0.2, 0.25) is 0 Å². The number of carbonyl (C=O) groups is 2. The molecule has 0 saturated carbocycles. The number of benzene rings is 1. The van der Waals surface area contributed by atoms with Crippen molar-refractivity contribution in [1.82, 2.24) is 4.98 Å². The molecule has 0 atom stereocenters. The van der Waals surface area contributed by atoms with Gasteiger partial charge < -0.3 is 14.2 Å². The van der Waals surface area contributed by atoms with Gasteiger partial charge in [-0.2, -0.15) is 0 Å². The minimum Gasteiger partial charge on any atom is -0.493 e. The summed E-state index contributed by atoms with van der Waals surface area (Å²) < 4.78 is 15.0. The van der Waals surface area contributed by atoms with E-state index in [1.807, 2.05) is 0 Å². The zero-order valence-corrected chi connectivity index (χ0v) is 12.5. The lowest BCUT2D eigenvalue weighted by Gasteiger charge is -2.09. The van der Waals surface area contributed by atoms with E-state index >= 15 is 0 Å². The van der Waals surface area contributed by atoms with Crippen LogP contribution in [-0.2, 0) is 4.74 Å². The van der Waals surface area contributed by atoms with E-state index in [1.54, 1.807) is 12.3 Å². The Hall–Kier alpha value is -2.41. The van der Waals surface area contributed by atoms with Crippen LogP contribution in [-0.4, -0.2) is 31.1 Å². The average Bonchev–Trinajstić information content (AvgIpc) is 2.93. The first-order valence-corrected chi connectivity index (χ1v) is 6.83.